The molecular formula is C22H17F3N4O2. The lowest BCUT2D eigenvalue weighted by Gasteiger charge is -2.15. The van der Waals surface area contributed by atoms with Crippen molar-refractivity contribution in [1.29, 1.82) is 0 Å². The number of ether oxygens (including phenoxy) is 1. The van der Waals surface area contributed by atoms with E-state index in [0.29, 0.717) is 29.4 Å². The van der Waals surface area contributed by atoms with Crippen LogP contribution in [-0.2, 0) is 6.18 Å². The largest absolute Gasteiger partial charge is 0.477 e. The number of halogens is 3. The molecule has 0 aliphatic rings. The van der Waals surface area contributed by atoms with E-state index in [1.807, 2.05) is 6.92 Å². The molecule has 0 aliphatic heterocycles. The van der Waals surface area contributed by atoms with Crippen LogP contribution in [0.2, 0.25) is 0 Å². The van der Waals surface area contributed by atoms with Crippen LogP contribution in [-0.4, -0.2) is 27.1 Å². The van der Waals surface area contributed by atoms with Crippen molar-refractivity contribution in [3.63, 3.8) is 0 Å². The van der Waals surface area contributed by atoms with Crippen molar-refractivity contribution < 1.29 is 22.7 Å². The molecular weight excluding hydrogens is 409 g/mol. The van der Waals surface area contributed by atoms with Gasteiger partial charge in [-0.2, -0.15) is 13.2 Å². The fourth-order valence-corrected chi connectivity index (χ4v) is 3.07. The van der Waals surface area contributed by atoms with Gasteiger partial charge in [0.1, 0.15) is 0 Å². The Balaban J connectivity index is 1.73. The standard InChI is InChI=1S/C22H17F3N4O2/c1-2-31-20-11-10-19-26-18(13-29(19)28-20)15-8-9-16(22(23,24)25)17(12-15)27-21(30)14-6-4-3-5-7-14/h3-13H,2H2,1H3,(H,27,30). The quantitative estimate of drug-likeness (QED) is 0.484. The number of amides is 1. The maximum atomic E-state index is 13.5. The van der Waals surface area contributed by atoms with E-state index >= 15 is 0 Å². The number of aromatic nitrogens is 3. The molecule has 2 heterocycles. The summed E-state index contributed by atoms with van der Waals surface area (Å²) in [6, 6.07) is 14.9. The number of rotatable bonds is 5. The number of alkyl halides is 3. The summed E-state index contributed by atoms with van der Waals surface area (Å²) in [6.07, 6.45) is -3.05. The zero-order chi connectivity index (χ0) is 22.0. The van der Waals surface area contributed by atoms with Gasteiger partial charge < -0.3 is 10.1 Å². The van der Waals surface area contributed by atoms with Gasteiger partial charge in [-0.15, -0.1) is 5.10 Å². The Kier molecular flexibility index (Phi) is 5.33. The van der Waals surface area contributed by atoms with E-state index in [9.17, 15) is 18.0 Å². The van der Waals surface area contributed by atoms with Gasteiger partial charge in [0.05, 0.1) is 29.7 Å². The highest BCUT2D eigenvalue weighted by Gasteiger charge is 2.34. The van der Waals surface area contributed by atoms with E-state index < -0.39 is 17.6 Å². The van der Waals surface area contributed by atoms with E-state index in [0.717, 1.165) is 6.07 Å². The van der Waals surface area contributed by atoms with Crippen LogP contribution in [0.25, 0.3) is 16.9 Å². The smallest absolute Gasteiger partial charge is 0.418 e. The molecule has 31 heavy (non-hydrogen) atoms. The first kappa shape index (κ1) is 20.4. The van der Waals surface area contributed by atoms with Crippen LogP contribution >= 0.6 is 0 Å². The molecule has 0 fully saturated rings. The first-order chi connectivity index (χ1) is 14.8. The van der Waals surface area contributed by atoms with Gasteiger partial charge in [0.25, 0.3) is 5.91 Å². The first-order valence-corrected chi connectivity index (χ1v) is 9.42. The Hall–Kier alpha value is -3.88. The third-order valence-corrected chi connectivity index (χ3v) is 4.49. The summed E-state index contributed by atoms with van der Waals surface area (Å²) in [4.78, 5) is 16.9. The van der Waals surface area contributed by atoms with Crippen molar-refractivity contribution in [1.82, 2.24) is 14.6 Å². The van der Waals surface area contributed by atoms with Crippen LogP contribution in [0.1, 0.15) is 22.8 Å². The number of benzene rings is 2. The lowest BCUT2D eigenvalue weighted by atomic mass is 10.1. The van der Waals surface area contributed by atoms with Crippen LogP contribution in [0.4, 0.5) is 18.9 Å². The molecule has 0 atom stereocenters. The highest BCUT2D eigenvalue weighted by Crippen LogP contribution is 2.37. The third-order valence-electron chi connectivity index (χ3n) is 4.49. The zero-order valence-electron chi connectivity index (χ0n) is 16.3. The molecule has 4 aromatic rings. The number of imidazole rings is 1. The van der Waals surface area contributed by atoms with Crippen LogP contribution in [0, 0.1) is 0 Å². The second-order valence-corrected chi connectivity index (χ2v) is 6.61. The molecule has 158 valence electrons. The van der Waals surface area contributed by atoms with E-state index in [4.69, 9.17) is 4.74 Å². The number of fused-ring (bicyclic) bond motifs is 1. The molecule has 0 aliphatic carbocycles. The van der Waals surface area contributed by atoms with Crippen molar-refractivity contribution in [2.24, 2.45) is 0 Å². The van der Waals surface area contributed by atoms with E-state index in [1.165, 1.54) is 28.8 Å². The van der Waals surface area contributed by atoms with Crippen LogP contribution in [0.15, 0.2) is 66.9 Å². The zero-order valence-corrected chi connectivity index (χ0v) is 16.3. The second-order valence-electron chi connectivity index (χ2n) is 6.61. The number of nitrogens with zero attached hydrogens (tertiary/aromatic N) is 3. The van der Waals surface area contributed by atoms with Crippen molar-refractivity contribution in [2.45, 2.75) is 13.1 Å². The molecule has 6 nitrogen and oxygen atoms in total. The van der Waals surface area contributed by atoms with Crippen molar-refractivity contribution >= 4 is 17.2 Å². The normalized spacial score (nSPS) is 11.5. The number of nitrogens with one attached hydrogen (secondary N) is 1. The number of carbonyl (C=O) groups excluding carboxylic acids is 1. The number of carbonyl (C=O) groups is 1. The van der Waals surface area contributed by atoms with Gasteiger partial charge >= 0.3 is 6.18 Å². The molecule has 0 spiro atoms. The lowest BCUT2D eigenvalue weighted by Crippen LogP contribution is -2.16. The van der Waals surface area contributed by atoms with Gasteiger partial charge in [0, 0.05) is 17.2 Å². The van der Waals surface area contributed by atoms with Gasteiger partial charge in [-0.1, -0.05) is 24.3 Å². The Morgan fingerprint density at radius 3 is 2.58 bits per heavy atom. The van der Waals surface area contributed by atoms with Crippen LogP contribution in [0.3, 0.4) is 0 Å². The summed E-state index contributed by atoms with van der Waals surface area (Å²) < 4.78 is 47.4. The molecule has 0 radical (unpaired) electrons. The van der Waals surface area contributed by atoms with Crippen LogP contribution < -0.4 is 10.1 Å². The molecule has 4 rings (SSSR count). The number of anilines is 1. The minimum absolute atomic E-state index is 0.251. The maximum Gasteiger partial charge on any atom is 0.418 e. The number of hydrogen-bond acceptors (Lipinski definition) is 4. The molecule has 2 aromatic heterocycles. The van der Waals surface area contributed by atoms with Gasteiger partial charge in [-0.25, -0.2) is 9.50 Å². The van der Waals surface area contributed by atoms with Gasteiger partial charge in [-0.05, 0) is 37.3 Å². The fourth-order valence-electron chi connectivity index (χ4n) is 3.07. The van der Waals surface area contributed by atoms with Crippen molar-refractivity contribution in [2.75, 3.05) is 11.9 Å². The Labute approximate surface area is 175 Å². The highest BCUT2D eigenvalue weighted by atomic mass is 19.4. The Morgan fingerprint density at radius 2 is 1.87 bits per heavy atom. The molecule has 9 heteroatoms. The molecule has 1 amide bonds. The average molecular weight is 426 g/mol. The fraction of sp³-hybridized carbons (Fsp3) is 0.136. The molecule has 2 aromatic carbocycles. The lowest BCUT2D eigenvalue weighted by molar-refractivity contribution is -0.136. The van der Waals surface area contributed by atoms with Crippen molar-refractivity contribution in [3.05, 3.63) is 78.0 Å². The summed E-state index contributed by atoms with van der Waals surface area (Å²) in [7, 11) is 0. The van der Waals surface area contributed by atoms with E-state index in [1.54, 1.807) is 36.5 Å². The molecule has 0 bridgehead atoms. The number of hydrogen-bond donors (Lipinski definition) is 1. The van der Waals surface area contributed by atoms with Gasteiger partial charge in [-0.3, -0.25) is 4.79 Å². The summed E-state index contributed by atoms with van der Waals surface area (Å²) in [5.74, 6) is -0.233. The maximum absolute atomic E-state index is 13.5. The topological polar surface area (TPSA) is 68.5 Å². The second kappa shape index (κ2) is 8.10. The minimum atomic E-state index is -4.63. The van der Waals surface area contributed by atoms with Crippen molar-refractivity contribution in [3.8, 4) is 17.1 Å². The first-order valence-electron chi connectivity index (χ1n) is 9.42. The average Bonchev–Trinajstić information content (AvgIpc) is 3.17. The van der Waals surface area contributed by atoms with Crippen LogP contribution in [0.5, 0.6) is 5.88 Å². The van der Waals surface area contributed by atoms with Gasteiger partial charge in [0.2, 0.25) is 5.88 Å². The SMILES string of the molecule is CCOc1ccc2nc(-c3ccc(C(F)(F)F)c(NC(=O)c4ccccc4)c3)cn2n1. The predicted molar refractivity (Wildman–Crippen MR) is 109 cm³/mol. The highest BCUT2D eigenvalue weighted by molar-refractivity contribution is 6.05. The summed E-state index contributed by atoms with van der Waals surface area (Å²) in [5, 5.41) is 6.63. The molecule has 0 saturated heterocycles. The molecule has 1 N–H and O–H groups in total. The van der Waals surface area contributed by atoms with Gasteiger partial charge in [0.15, 0.2) is 5.65 Å². The Morgan fingerprint density at radius 1 is 1.10 bits per heavy atom. The summed E-state index contributed by atoms with van der Waals surface area (Å²) in [6.45, 7) is 2.28. The Bertz CT molecular complexity index is 1240. The predicted octanol–water partition coefficient (Wildman–Crippen LogP) is 5.07. The third kappa shape index (κ3) is 4.35. The molecule has 0 unspecified atom stereocenters. The monoisotopic (exact) mass is 426 g/mol. The summed E-state index contributed by atoms with van der Waals surface area (Å²) in [5.41, 5.74) is 0.277. The minimum Gasteiger partial charge on any atom is -0.477 e. The molecule has 0 saturated carbocycles. The summed E-state index contributed by atoms with van der Waals surface area (Å²) >= 11 is 0. The van der Waals surface area contributed by atoms with E-state index in [2.05, 4.69) is 15.4 Å². The van der Waals surface area contributed by atoms with E-state index in [-0.39, 0.29) is 11.3 Å².